The number of hydrogen-bond acceptors (Lipinski definition) is 8. The fourth-order valence-corrected chi connectivity index (χ4v) is 5.29. The molecule has 1 N–H and O–H groups in total. The summed E-state index contributed by atoms with van der Waals surface area (Å²) in [6, 6.07) is 11.7. The van der Waals surface area contributed by atoms with Crippen LogP contribution in [0.4, 0.5) is 24.8 Å². The Morgan fingerprint density at radius 1 is 0.980 bits per heavy atom. The molecule has 0 radical (unpaired) electrons. The highest BCUT2D eigenvalue weighted by atomic mass is 35.5. The molecule has 3 heterocycles. The van der Waals surface area contributed by atoms with Gasteiger partial charge < -0.3 is 5.32 Å². The first-order valence-electron chi connectivity index (χ1n) is 14.8. The van der Waals surface area contributed by atoms with Gasteiger partial charge in [-0.25, -0.2) is 27.3 Å². The van der Waals surface area contributed by atoms with Gasteiger partial charge in [-0.2, -0.15) is 14.8 Å². The largest absolute Gasteiger partial charge is 0.355 e. The minimum Gasteiger partial charge on any atom is -0.324 e. The SMILES string of the molecule is CC(C)c1ccc(/C=C/C(=O)n2nncc2Cn2c(=O)nc(Nc3cc4cn(C)nc4cc3Cl)n(Cc3cc(F)c(F)cc3F)c2=O)cc1. The predicted molar refractivity (Wildman–Crippen MR) is 176 cm³/mol. The summed E-state index contributed by atoms with van der Waals surface area (Å²) in [5, 5.41) is 15.5. The highest BCUT2D eigenvalue weighted by molar-refractivity contribution is 6.34. The van der Waals surface area contributed by atoms with E-state index in [0.717, 1.165) is 20.4 Å². The number of hydrogen-bond donors (Lipinski definition) is 1. The third-order valence-corrected chi connectivity index (χ3v) is 8.00. The van der Waals surface area contributed by atoms with Gasteiger partial charge >= 0.3 is 11.4 Å². The monoisotopic (exact) mass is 689 g/mol. The molecule has 0 saturated heterocycles. The molecule has 0 amide bonds. The molecule has 6 rings (SSSR count). The van der Waals surface area contributed by atoms with E-state index in [9.17, 15) is 27.6 Å². The quantitative estimate of drug-likeness (QED) is 0.160. The first-order valence-corrected chi connectivity index (χ1v) is 15.2. The molecule has 3 aromatic carbocycles. The average Bonchev–Trinajstić information content (AvgIpc) is 3.67. The summed E-state index contributed by atoms with van der Waals surface area (Å²) >= 11 is 6.46. The normalized spacial score (nSPS) is 11.7. The molecule has 0 aliphatic carbocycles. The van der Waals surface area contributed by atoms with Gasteiger partial charge in [0.15, 0.2) is 11.6 Å². The molecule has 0 atom stereocenters. The predicted octanol–water partition coefficient (Wildman–Crippen LogP) is 5.27. The molecular formula is C33H27ClF3N9O3. The van der Waals surface area contributed by atoms with E-state index in [1.54, 1.807) is 36.1 Å². The summed E-state index contributed by atoms with van der Waals surface area (Å²) in [4.78, 5) is 44.3. The van der Waals surface area contributed by atoms with E-state index >= 15 is 0 Å². The number of fused-ring (bicyclic) bond motifs is 1. The van der Waals surface area contributed by atoms with Crippen LogP contribution in [0, 0.1) is 17.5 Å². The van der Waals surface area contributed by atoms with Gasteiger partial charge in [0, 0.05) is 36.3 Å². The van der Waals surface area contributed by atoms with Gasteiger partial charge in [0.1, 0.15) is 5.82 Å². The topological polar surface area (TPSA) is 135 Å². The molecule has 0 aliphatic rings. The van der Waals surface area contributed by atoms with Crippen LogP contribution in [0.1, 0.15) is 46.9 Å². The molecule has 49 heavy (non-hydrogen) atoms. The van der Waals surface area contributed by atoms with Crippen molar-refractivity contribution in [1.82, 2.24) is 38.9 Å². The molecule has 0 unspecified atom stereocenters. The van der Waals surface area contributed by atoms with Gasteiger partial charge in [-0.1, -0.05) is 54.9 Å². The van der Waals surface area contributed by atoms with Crippen LogP contribution in [-0.4, -0.2) is 44.8 Å². The van der Waals surface area contributed by atoms with Crippen molar-refractivity contribution >= 4 is 46.1 Å². The Morgan fingerprint density at radius 2 is 1.71 bits per heavy atom. The fourth-order valence-electron chi connectivity index (χ4n) is 5.09. The van der Waals surface area contributed by atoms with Gasteiger partial charge in [-0.15, -0.1) is 5.10 Å². The first-order chi connectivity index (χ1) is 23.4. The number of nitrogens with zero attached hydrogens (tertiary/aromatic N) is 8. The Bertz CT molecular complexity index is 2380. The van der Waals surface area contributed by atoms with Crippen molar-refractivity contribution in [3.05, 3.63) is 133 Å². The standard InChI is InChI=1S/C33H27ClF3N9O3/c1-18(2)20-7-4-19(5-8-20)6-9-30(47)46-23(14-38-42-46)17-45-32(48)40-31(39-29-11-22-15-43(3)41-28(22)12-24(29)34)44(33(45)49)16-21-10-26(36)27(37)13-25(21)35/h4-15,18H,16-17H2,1-3H3,(H,39,40,48)/b9-6+. The number of aromatic nitrogens is 8. The number of anilines is 2. The van der Waals surface area contributed by atoms with Crippen molar-refractivity contribution < 1.29 is 18.0 Å². The van der Waals surface area contributed by atoms with Crippen LogP contribution >= 0.6 is 11.6 Å². The van der Waals surface area contributed by atoms with Crippen molar-refractivity contribution in [3.8, 4) is 0 Å². The summed E-state index contributed by atoms with van der Waals surface area (Å²) in [6.45, 7) is 2.96. The molecule has 0 fully saturated rings. The van der Waals surface area contributed by atoms with Gasteiger partial charge in [-0.3, -0.25) is 14.0 Å². The molecule has 6 aromatic rings. The summed E-state index contributed by atoms with van der Waals surface area (Å²) in [6.07, 6.45) is 5.76. The lowest BCUT2D eigenvalue weighted by molar-refractivity contribution is 0.0949. The van der Waals surface area contributed by atoms with Crippen LogP contribution in [0.3, 0.4) is 0 Å². The van der Waals surface area contributed by atoms with Crippen LogP contribution < -0.4 is 16.7 Å². The maximum Gasteiger partial charge on any atom is 0.355 e. The fraction of sp³-hybridized carbons (Fsp3) is 0.182. The summed E-state index contributed by atoms with van der Waals surface area (Å²) in [7, 11) is 1.72. The second kappa shape index (κ2) is 13.4. The van der Waals surface area contributed by atoms with E-state index in [1.165, 1.54) is 12.3 Å². The zero-order valence-corrected chi connectivity index (χ0v) is 27.0. The Labute approximate surface area is 280 Å². The third kappa shape index (κ3) is 6.92. The van der Waals surface area contributed by atoms with Gasteiger partial charge in [0.25, 0.3) is 5.91 Å². The second-order valence-corrected chi connectivity index (χ2v) is 11.9. The number of aryl methyl sites for hydroxylation is 1. The molecule has 12 nitrogen and oxygen atoms in total. The number of benzene rings is 3. The van der Waals surface area contributed by atoms with Gasteiger partial charge in [-0.05, 0) is 41.3 Å². The molecule has 0 saturated carbocycles. The van der Waals surface area contributed by atoms with E-state index < -0.39 is 53.4 Å². The number of allylic oxidation sites excluding steroid dienone is 1. The molecule has 0 spiro atoms. The molecule has 3 aromatic heterocycles. The lowest BCUT2D eigenvalue weighted by atomic mass is 10.0. The molecule has 16 heteroatoms. The minimum atomic E-state index is -1.42. The highest BCUT2D eigenvalue weighted by Gasteiger charge is 2.20. The van der Waals surface area contributed by atoms with Crippen LogP contribution in [0.5, 0.6) is 0 Å². The molecule has 0 bridgehead atoms. The first kappa shape index (κ1) is 33.1. The van der Waals surface area contributed by atoms with E-state index in [4.69, 9.17) is 11.6 Å². The van der Waals surface area contributed by atoms with Gasteiger partial charge in [0.2, 0.25) is 5.95 Å². The van der Waals surface area contributed by atoms with Gasteiger partial charge in [0.05, 0.1) is 41.2 Å². The van der Waals surface area contributed by atoms with E-state index in [-0.39, 0.29) is 22.4 Å². The van der Waals surface area contributed by atoms with Crippen molar-refractivity contribution in [3.63, 3.8) is 0 Å². The summed E-state index contributed by atoms with van der Waals surface area (Å²) in [5.41, 5.74) is 0.280. The number of halogens is 4. The highest BCUT2D eigenvalue weighted by Crippen LogP contribution is 2.29. The van der Waals surface area contributed by atoms with Crippen LogP contribution in [0.15, 0.2) is 76.6 Å². The van der Waals surface area contributed by atoms with Crippen LogP contribution in [0.25, 0.3) is 17.0 Å². The number of carbonyl (C=O) groups excluding carboxylic acids is 1. The Kier molecular flexibility index (Phi) is 9.01. The molecule has 0 aliphatic heterocycles. The zero-order valence-electron chi connectivity index (χ0n) is 26.2. The molecular weight excluding hydrogens is 663 g/mol. The lowest BCUT2D eigenvalue weighted by Gasteiger charge is -2.17. The maximum absolute atomic E-state index is 14.8. The summed E-state index contributed by atoms with van der Waals surface area (Å²) in [5.74, 6) is -4.53. The number of rotatable bonds is 9. The number of carbonyl (C=O) groups is 1. The Morgan fingerprint density at radius 3 is 2.45 bits per heavy atom. The smallest absolute Gasteiger partial charge is 0.324 e. The summed E-state index contributed by atoms with van der Waals surface area (Å²) < 4.78 is 46.7. The van der Waals surface area contributed by atoms with E-state index in [2.05, 4.69) is 39.6 Å². The van der Waals surface area contributed by atoms with Crippen molar-refractivity contribution in [2.45, 2.75) is 32.9 Å². The van der Waals surface area contributed by atoms with E-state index in [0.29, 0.717) is 33.5 Å². The van der Waals surface area contributed by atoms with Crippen LogP contribution in [-0.2, 0) is 20.1 Å². The third-order valence-electron chi connectivity index (χ3n) is 7.69. The maximum atomic E-state index is 14.8. The van der Waals surface area contributed by atoms with Crippen molar-refractivity contribution in [1.29, 1.82) is 0 Å². The second-order valence-electron chi connectivity index (χ2n) is 11.5. The average molecular weight is 690 g/mol. The van der Waals surface area contributed by atoms with Crippen molar-refractivity contribution in [2.75, 3.05) is 5.32 Å². The minimum absolute atomic E-state index is 0.0575. The van der Waals surface area contributed by atoms with Crippen molar-refractivity contribution in [2.24, 2.45) is 7.05 Å². The lowest BCUT2D eigenvalue weighted by Crippen LogP contribution is -2.43. The van der Waals surface area contributed by atoms with Crippen LogP contribution in [0.2, 0.25) is 5.02 Å². The Balaban J connectivity index is 1.37. The molecule has 250 valence electrons. The Hall–Kier alpha value is -5.83. The zero-order chi connectivity index (χ0) is 35.0. The number of nitrogens with one attached hydrogen (secondary N) is 1. The van der Waals surface area contributed by atoms with E-state index in [1.807, 2.05) is 24.3 Å².